The van der Waals surface area contributed by atoms with Gasteiger partial charge in [0.25, 0.3) is 11.8 Å². The van der Waals surface area contributed by atoms with Crippen LogP contribution >= 0.6 is 0 Å². The van der Waals surface area contributed by atoms with Crippen LogP contribution in [-0.2, 0) is 19.2 Å². The van der Waals surface area contributed by atoms with Gasteiger partial charge in [0, 0.05) is 54.4 Å². The number of carbonyl (C=O) groups is 4. The summed E-state index contributed by atoms with van der Waals surface area (Å²) in [5.74, 6) is -0.769. The maximum Gasteiger partial charge on any atom is 0.261 e. The van der Waals surface area contributed by atoms with Crippen LogP contribution in [0.3, 0.4) is 0 Å². The molecule has 2 atom stereocenters. The number of piperazine rings is 1. The molecule has 0 aromatic carbocycles. The average molecular weight is 366 g/mol. The summed E-state index contributed by atoms with van der Waals surface area (Å²) >= 11 is 0. The van der Waals surface area contributed by atoms with E-state index in [1.807, 2.05) is 9.80 Å². The average Bonchev–Trinajstić information content (AvgIpc) is 3.03. The number of rotatable bonds is 4. The van der Waals surface area contributed by atoms with E-state index in [0.717, 1.165) is 0 Å². The number of hydrogen-bond acceptors (Lipinski definition) is 8. The maximum atomic E-state index is 12.5. The standard InChI is InChI=1S/C16H26N6O4/c1-17(2)21-13(23)9-11(15(21)25)19-5-7-20(8-6-19)12-10-14(24)22(16(12)26)18(3)4/h11-12H,5-10H2,1-4H3/t11-,12-/m0/s1. The van der Waals surface area contributed by atoms with E-state index >= 15 is 0 Å². The number of hydrazine groups is 2. The van der Waals surface area contributed by atoms with Crippen molar-refractivity contribution in [2.75, 3.05) is 54.4 Å². The number of nitrogens with zero attached hydrogens (tertiary/aromatic N) is 6. The van der Waals surface area contributed by atoms with Gasteiger partial charge in [-0.3, -0.25) is 29.0 Å². The molecule has 10 nitrogen and oxygen atoms in total. The fourth-order valence-electron chi connectivity index (χ4n) is 3.98. The van der Waals surface area contributed by atoms with Crippen molar-refractivity contribution in [2.24, 2.45) is 0 Å². The number of imide groups is 2. The summed E-state index contributed by atoms with van der Waals surface area (Å²) in [7, 11) is 6.70. The van der Waals surface area contributed by atoms with Gasteiger partial charge in [-0.15, -0.1) is 0 Å². The van der Waals surface area contributed by atoms with E-state index in [9.17, 15) is 19.2 Å². The molecule has 10 heteroatoms. The van der Waals surface area contributed by atoms with Crippen molar-refractivity contribution in [3.05, 3.63) is 0 Å². The zero-order valence-electron chi connectivity index (χ0n) is 15.7. The van der Waals surface area contributed by atoms with Gasteiger partial charge in [-0.2, -0.15) is 0 Å². The largest absolute Gasteiger partial charge is 0.289 e. The Morgan fingerprint density at radius 2 is 0.962 bits per heavy atom. The summed E-state index contributed by atoms with van der Waals surface area (Å²) in [6.45, 7) is 2.35. The van der Waals surface area contributed by atoms with Crippen LogP contribution in [0.1, 0.15) is 12.8 Å². The smallest absolute Gasteiger partial charge is 0.261 e. The van der Waals surface area contributed by atoms with Gasteiger partial charge >= 0.3 is 0 Å². The third-order valence-corrected chi connectivity index (χ3v) is 5.23. The van der Waals surface area contributed by atoms with E-state index in [-0.39, 0.29) is 36.5 Å². The van der Waals surface area contributed by atoms with E-state index in [2.05, 4.69) is 0 Å². The summed E-state index contributed by atoms with van der Waals surface area (Å²) in [4.78, 5) is 53.2. The lowest BCUT2D eigenvalue weighted by atomic mass is 10.1. The molecule has 3 aliphatic heterocycles. The van der Waals surface area contributed by atoms with E-state index < -0.39 is 12.1 Å². The summed E-state index contributed by atoms with van der Waals surface area (Å²) in [6, 6.07) is -0.877. The van der Waals surface area contributed by atoms with Crippen molar-refractivity contribution >= 4 is 23.6 Å². The molecule has 0 N–H and O–H groups in total. The molecule has 0 saturated carbocycles. The SMILES string of the molecule is CN(C)N1C(=O)C[C@H](N2CCN([C@H]3CC(=O)N(N(C)C)C3=O)CC2)C1=O. The maximum absolute atomic E-state index is 12.5. The Morgan fingerprint density at radius 3 is 1.19 bits per heavy atom. The first-order valence-corrected chi connectivity index (χ1v) is 8.78. The molecule has 0 spiro atoms. The van der Waals surface area contributed by atoms with Crippen LogP contribution in [0.25, 0.3) is 0 Å². The van der Waals surface area contributed by atoms with E-state index in [4.69, 9.17) is 0 Å². The fraction of sp³-hybridized carbons (Fsp3) is 0.750. The van der Waals surface area contributed by atoms with Crippen molar-refractivity contribution in [3.8, 4) is 0 Å². The van der Waals surface area contributed by atoms with Gasteiger partial charge in [-0.05, 0) is 0 Å². The van der Waals surface area contributed by atoms with Crippen molar-refractivity contribution in [1.82, 2.24) is 29.8 Å². The van der Waals surface area contributed by atoms with Gasteiger partial charge in [-0.1, -0.05) is 0 Å². The number of amides is 4. The minimum absolute atomic E-state index is 0.187. The molecule has 0 radical (unpaired) electrons. The molecular formula is C16H26N6O4. The van der Waals surface area contributed by atoms with Crippen molar-refractivity contribution in [2.45, 2.75) is 24.9 Å². The fourth-order valence-corrected chi connectivity index (χ4v) is 3.98. The molecule has 3 rings (SSSR count). The number of hydrogen-bond donors (Lipinski definition) is 0. The lowest BCUT2D eigenvalue weighted by molar-refractivity contribution is -0.156. The highest BCUT2D eigenvalue weighted by Crippen LogP contribution is 2.24. The molecule has 0 aromatic heterocycles. The highest BCUT2D eigenvalue weighted by Gasteiger charge is 2.47. The third kappa shape index (κ3) is 3.13. The molecule has 3 fully saturated rings. The van der Waals surface area contributed by atoms with E-state index in [0.29, 0.717) is 26.2 Å². The second kappa shape index (κ2) is 7.03. The molecule has 4 amide bonds. The van der Waals surface area contributed by atoms with Crippen LogP contribution in [0.15, 0.2) is 0 Å². The molecule has 3 saturated heterocycles. The first kappa shape index (κ1) is 18.9. The zero-order chi connectivity index (χ0) is 19.2. The molecular weight excluding hydrogens is 340 g/mol. The molecule has 3 heterocycles. The predicted octanol–water partition coefficient (Wildman–Crippen LogP) is -2.19. The first-order valence-electron chi connectivity index (χ1n) is 8.78. The quantitative estimate of drug-likeness (QED) is 0.519. The van der Waals surface area contributed by atoms with Gasteiger partial charge in [0.1, 0.15) is 12.1 Å². The van der Waals surface area contributed by atoms with Crippen LogP contribution in [0.4, 0.5) is 0 Å². The molecule has 0 aliphatic carbocycles. The summed E-state index contributed by atoms with van der Waals surface area (Å²) in [6.07, 6.45) is 0.374. The van der Waals surface area contributed by atoms with Gasteiger partial charge in [0.2, 0.25) is 11.8 Å². The van der Waals surface area contributed by atoms with E-state index in [1.165, 1.54) is 20.0 Å². The van der Waals surface area contributed by atoms with Crippen LogP contribution < -0.4 is 0 Å². The van der Waals surface area contributed by atoms with Crippen LogP contribution in [-0.4, -0.2) is 120 Å². The van der Waals surface area contributed by atoms with Crippen LogP contribution in [0.2, 0.25) is 0 Å². The molecule has 26 heavy (non-hydrogen) atoms. The van der Waals surface area contributed by atoms with Crippen molar-refractivity contribution in [3.63, 3.8) is 0 Å². The van der Waals surface area contributed by atoms with Gasteiger partial charge in [0.05, 0.1) is 12.8 Å². The normalized spacial score (nSPS) is 29.2. The lowest BCUT2D eigenvalue weighted by Crippen LogP contribution is -2.56. The summed E-state index contributed by atoms with van der Waals surface area (Å²) < 4.78 is 0. The van der Waals surface area contributed by atoms with Crippen molar-refractivity contribution in [1.29, 1.82) is 0 Å². The molecule has 3 aliphatic rings. The second-order valence-electron chi connectivity index (χ2n) is 7.29. The second-order valence-corrected chi connectivity index (χ2v) is 7.29. The first-order chi connectivity index (χ1) is 12.2. The Kier molecular flexibility index (Phi) is 5.11. The highest BCUT2D eigenvalue weighted by molar-refractivity contribution is 6.05. The number of carbonyl (C=O) groups excluding carboxylic acids is 4. The summed E-state index contributed by atoms with van der Waals surface area (Å²) in [5.41, 5.74) is 0. The van der Waals surface area contributed by atoms with Gasteiger partial charge in [0.15, 0.2) is 0 Å². The minimum atomic E-state index is -0.439. The van der Waals surface area contributed by atoms with Gasteiger partial charge in [-0.25, -0.2) is 20.0 Å². The van der Waals surface area contributed by atoms with Crippen LogP contribution in [0, 0.1) is 0 Å². The molecule has 0 aromatic rings. The Morgan fingerprint density at radius 1 is 0.654 bits per heavy atom. The monoisotopic (exact) mass is 366 g/mol. The lowest BCUT2D eigenvalue weighted by Gasteiger charge is -2.39. The zero-order valence-corrected chi connectivity index (χ0v) is 15.7. The van der Waals surface area contributed by atoms with Gasteiger partial charge < -0.3 is 0 Å². The predicted molar refractivity (Wildman–Crippen MR) is 91.0 cm³/mol. The van der Waals surface area contributed by atoms with Crippen LogP contribution in [0.5, 0.6) is 0 Å². The molecule has 0 bridgehead atoms. The summed E-state index contributed by atoms with van der Waals surface area (Å²) in [5, 5.41) is 5.40. The Hall–Kier alpha value is -1.88. The minimum Gasteiger partial charge on any atom is -0.289 e. The van der Waals surface area contributed by atoms with E-state index in [1.54, 1.807) is 28.2 Å². The highest BCUT2D eigenvalue weighted by atomic mass is 16.2. The Labute approximate surface area is 152 Å². The topological polar surface area (TPSA) is 87.7 Å². The third-order valence-electron chi connectivity index (χ3n) is 5.23. The Bertz CT molecular complexity index is 574. The van der Waals surface area contributed by atoms with Crippen molar-refractivity contribution < 1.29 is 19.2 Å². The molecule has 144 valence electrons. The Balaban J connectivity index is 1.60. The molecule has 0 unspecified atom stereocenters.